The van der Waals surface area contributed by atoms with E-state index in [1.807, 2.05) is 0 Å². The second kappa shape index (κ2) is 6.78. The second-order valence-electron chi connectivity index (χ2n) is 4.72. The van der Waals surface area contributed by atoms with Gasteiger partial charge in [-0.2, -0.15) is 18.2 Å². The van der Waals surface area contributed by atoms with Crippen LogP contribution in [-0.2, 0) is 12.6 Å². The Hall–Kier alpha value is -2.13. The molecule has 2 aromatic heterocycles. The summed E-state index contributed by atoms with van der Waals surface area (Å²) in [7, 11) is 0. The fraction of sp³-hybridized carbons (Fsp3) is 0.214. The molecule has 0 saturated carbocycles. The summed E-state index contributed by atoms with van der Waals surface area (Å²) >= 11 is 6.37. The summed E-state index contributed by atoms with van der Waals surface area (Å²) in [6, 6.07) is 6.97. The molecule has 3 aromatic rings. The first-order valence-corrected chi connectivity index (χ1v) is 7.97. The summed E-state index contributed by atoms with van der Waals surface area (Å²) in [6.45, 7) is 0.326. The van der Waals surface area contributed by atoms with E-state index in [4.69, 9.17) is 16.1 Å². The Morgan fingerprint density at radius 2 is 1.96 bits per heavy atom. The van der Waals surface area contributed by atoms with E-state index in [0.717, 1.165) is 11.8 Å². The van der Waals surface area contributed by atoms with Crippen molar-refractivity contribution in [3.8, 4) is 11.4 Å². The maximum Gasteiger partial charge on any atom is 0.427 e. The van der Waals surface area contributed by atoms with Gasteiger partial charge in [-0.3, -0.25) is 0 Å². The number of aromatic nitrogens is 3. The first kappa shape index (κ1) is 16.7. The molecule has 0 bridgehead atoms. The Bertz CT molecular complexity index is 816. The molecule has 3 rings (SSSR count). The smallest absolute Gasteiger partial charge is 0.361 e. The third kappa shape index (κ3) is 4.04. The number of nitrogens with zero attached hydrogens (tertiary/aromatic N) is 3. The Morgan fingerprint density at radius 1 is 1.21 bits per heavy atom. The Morgan fingerprint density at radius 3 is 2.62 bits per heavy atom. The summed E-state index contributed by atoms with van der Waals surface area (Å²) < 4.78 is 42.6. The van der Waals surface area contributed by atoms with E-state index < -0.39 is 11.1 Å². The average molecular weight is 375 g/mol. The topological polar surface area (TPSA) is 63.8 Å². The molecular weight excluding hydrogens is 365 g/mol. The zero-order chi connectivity index (χ0) is 17.2. The lowest BCUT2D eigenvalue weighted by molar-refractivity contribution is -0.134. The van der Waals surface area contributed by atoms with E-state index in [9.17, 15) is 13.2 Å². The molecule has 1 N–H and O–H groups in total. The van der Waals surface area contributed by atoms with Crippen LogP contribution in [0.25, 0.3) is 11.4 Å². The van der Waals surface area contributed by atoms with Gasteiger partial charge in [-0.15, -0.1) is 0 Å². The second-order valence-corrected chi connectivity index (χ2v) is 6.19. The molecule has 0 aliphatic heterocycles. The largest absolute Gasteiger partial charge is 0.427 e. The third-order valence-electron chi connectivity index (χ3n) is 2.97. The number of alkyl halides is 3. The van der Waals surface area contributed by atoms with Crippen molar-refractivity contribution >= 4 is 28.1 Å². The van der Waals surface area contributed by atoms with Crippen molar-refractivity contribution in [2.75, 3.05) is 11.9 Å². The molecule has 0 aliphatic carbocycles. The van der Waals surface area contributed by atoms with Crippen LogP contribution in [0.3, 0.4) is 0 Å². The number of benzene rings is 1. The minimum atomic E-state index is -4.38. The van der Waals surface area contributed by atoms with Crippen LogP contribution >= 0.6 is 22.9 Å². The maximum atomic E-state index is 12.5. The Kier molecular flexibility index (Phi) is 4.72. The van der Waals surface area contributed by atoms with E-state index in [1.165, 1.54) is 0 Å². The molecule has 1 aromatic carbocycles. The monoisotopic (exact) mass is 374 g/mol. The van der Waals surface area contributed by atoms with Gasteiger partial charge >= 0.3 is 6.18 Å². The van der Waals surface area contributed by atoms with Gasteiger partial charge in [0.1, 0.15) is 4.88 Å². The normalized spacial score (nSPS) is 11.7. The van der Waals surface area contributed by atoms with Crippen LogP contribution < -0.4 is 5.32 Å². The van der Waals surface area contributed by atoms with Crippen LogP contribution in [0.2, 0.25) is 5.02 Å². The standard InChI is InChI=1S/C14H10ClF3N4OS/c15-9-3-1-8(2-4-9)12-21-11(23-22-12)5-6-19-13-20-7-10(24-13)14(16,17)18/h1-4,7H,5-6H2,(H,19,20). The fourth-order valence-corrected chi connectivity index (χ4v) is 2.67. The van der Waals surface area contributed by atoms with Gasteiger partial charge in [0.15, 0.2) is 5.13 Å². The quantitative estimate of drug-likeness (QED) is 0.711. The van der Waals surface area contributed by atoms with E-state index in [2.05, 4.69) is 20.4 Å². The van der Waals surface area contributed by atoms with Crippen molar-refractivity contribution < 1.29 is 17.7 Å². The van der Waals surface area contributed by atoms with Crippen LogP contribution in [0.4, 0.5) is 18.3 Å². The van der Waals surface area contributed by atoms with E-state index in [0.29, 0.717) is 41.0 Å². The van der Waals surface area contributed by atoms with Gasteiger partial charge in [-0.1, -0.05) is 28.1 Å². The molecule has 0 aliphatic rings. The van der Waals surface area contributed by atoms with Crippen molar-refractivity contribution in [3.63, 3.8) is 0 Å². The summed E-state index contributed by atoms with van der Waals surface area (Å²) in [5, 5.41) is 7.46. The number of rotatable bonds is 5. The molecule has 10 heteroatoms. The first-order chi connectivity index (χ1) is 11.4. The fourth-order valence-electron chi connectivity index (χ4n) is 1.84. The Labute approximate surface area is 143 Å². The zero-order valence-corrected chi connectivity index (χ0v) is 13.5. The summed E-state index contributed by atoms with van der Waals surface area (Å²) in [6.07, 6.45) is -3.21. The number of anilines is 1. The van der Waals surface area contributed by atoms with Crippen molar-refractivity contribution in [2.45, 2.75) is 12.6 Å². The van der Waals surface area contributed by atoms with Crippen LogP contribution in [0, 0.1) is 0 Å². The number of hydrogen-bond acceptors (Lipinski definition) is 6. The molecule has 2 heterocycles. The molecule has 0 unspecified atom stereocenters. The molecule has 0 saturated heterocycles. The number of hydrogen-bond donors (Lipinski definition) is 1. The molecule has 5 nitrogen and oxygen atoms in total. The highest BCUT2D eigenvalue weighted by Gasteiger charge is 2.33. The van der Waals surface area contributed by atoms with Gasteiger partial charge in [0, 0.05) is 23.6 Å². The van der Waals surface area contributed by atoms with Crippen molar-refractivity contribution in [1.29, 1.82) is 0 Å². The highest BCUT2D eigenvalue weighted by Crippen LogP contribution is 2.34. The van der Waals surface area contributed by atoms with E-state index >= 15 is 0 Å². The Balaban J connectivity index is 1.56. The molecule has 0 radical (unpaired) electrons. The minimum absolute atomic E-state index is 0.194. The average Bonchev–Trinajstić information content (AvgIpc) is 3.17. The summed E-state index contributed by atoms with van der Waals surface area (Å²) in [5.41, 5.74) is 0.761. The van der Waals surface area contributed by atoms with Gasteiger partial charge in [0.25, 0.3) is 0 Å². The number of halogens is 4. The number of nitrogens with one attached hydrogen (secondary N) is 1. The summed E-state index contributed by atoms with van der Waals surface area (Å²) in [5.74, 6) is 0.801. The molecular formula is C14H10ClF3N4OS. The SMILES string of the molecule is FC(F)(F)c1cnc(NCCc2nc(-c3ccc(Cl)cc3)no2)s1. The number of thiazole rings is 1. The van der Waals surface area contributed by atoms with Gasteiger partial charge in [-0.25, -0.2) is 4.98 Å². The van der Waals surface area contributed by atoms with Gasteiger partial charge < -0.3 is 9.84 Å². The molecule has 0 spiro atoms. The predicted molar refractivity (Wildman–Crippen MR) is 84.1 cm³/mol. The highest BCUT2D eigenvalue weighted by molar-refractivity contribution is 7.15. The summed E-state index contributed by atoms with van der Waals surface area (Å²) in [4.78, 5) is 7.17. The first-order valence-electron chi connectivity index (χ1n) is 6.77. The van der Waals surface area contributed by atoms with Crippen LogP contribution in [0.1, 0.15) is 10.8 Å². The molecule has 0 amide bonds. The predicted octanol–water partition coefficient (Wildman–Crippen LogP) is 4.52. The highest BCUT2D eigenvalue weighted by atomic mass is 35.5. The van der Waals surface area contributed by atoms with Crippen LogP contribution in [0.5, 0.6) is 0 Å². The van der Waals surface area contributed by atoms with E-state index in [-0.39, 0.29) is 5.13 Å². The third-order valence-corrected chi connectivity index (χ3v) is 4.22. The van der Waals surface area contributed by atoms with Gasteiger partial charge in [0.05, 0.1) is 6.20 Å². The van der Waals surface area contributed by atoms with Gasteiger partial charge in [-0.05, 0) is 24.3 Å². The lowest BCUT2D eigenvalue weighted by Crippen LogP contribution is -2.04. The lowest BCUT2D eigenvalue weighted by atomic mass is 10.2. The molecule has 0 atom stereocenters. The van der Waals surface area contributed by atoms with Crippen molar-refractivity contribution in [1.82, 2.24) is 15.1 Å². The van der Waals surface area contributed by atoms with Crippen LogP contribution in [0.15, 0.2) is 35.0 Å². The molecule has 126 valence electrons. The minimum Gasteiger partial charge on any atom is -0.361 e. The van der Waals surface area contributed by atoms with Gasteiger partial charge in [0.2, 0.25) is 11.7 Å². The molecule has 0 fully saturated rings. The van der Waals surface area contributed by atoms with Crippen LogP contribution in [-0.4, -0.2) is 21.7 Å². The van der Waals surface area contributed by atoms with Crippen molar-refractivity contribution in [3.05, 3.63) is 46.3 Å². The zero-order valence-electron chi connectivity index (χ0n) is 12.0. The maximum absolute atomic E-state index is 12.5. The molecule has 24 heavy (non-hydrogen) atoms. The van der Waals surface area contributed by atoms with Crippen molar-refractivity contribution in [2.24, 2.45) is 0 Å². The van der Waals surface area contributed by atoms with E-state index in [1.54, 1.807) is 24.3 Å². The lowest BCUT2D eigenvalue weighted by Gasteiger charge is -2.00.